The molecule has 0 aliphatic heterocycles. The van der Waals surface area contributed by atoms with Gasteiger partial charge in [-0.2, -0.15) is 4.98 Å². The molecule has 0 fully saturated rings. The summed E-state index contributed by atoms with van der Waals surface area (Å²) in [6, 6.07) is 14.2. The molecule has 1 amide bonds. The summed E-state index contributed by atoms with van der Waals surface area (Å²) in [6.07, 6.45) is 0.484. The van der Waals surface area contributed by atoms with Crippen LogP contribution in [0.3, 0.4) is 0 Å². The molecule has 7 heteroatoms. The number of benzene rings is 2. The number of methoxy groups -OCH3 is 1. The number of nitrogens with one attached hydrogen (secondary N) is 1. The fraction of sp³-hybridized carbons (Fsp3) is 0.200. The van der Waals surface area contributed by atoms with Gasteiger partial charge in [-0.3, -0.25) is 9.59 Å². The lowest BCUT2D eigenvalue weighted by Gasteiger charge is -2.05. The van der Waals surface area contributed by atoms with Crippen LogP contribution in [0, 0.1) is 0 Å². The lowest BCUT2D eigenvalue weighted by Crippen LogP contribution is -2.12. The summed E-state index contributed by atoms with van der Waals surface area (Å²) in [5, 5.41) is 6.72. The zero-order valence-corrected chi connectivity index (χ0v) is 15.1. The Kier molecular flexibility index (Phi) is 5.61. The normalized spacial score (nSPS) is 10.4. The number of aryl methyl sites for hydroxylation is 1. The van der Waals surface area contributed by atoms with Crippen molar-refractivity contribution < 1.29 is 18.8 Å². The van der Waals surface area contributed by atoms with E-state index >= 15 is 0 Å². The van der Waals surface area contributed by atoms with Gasteiger partial charge >= 0.3 is 0 Å². The molecule has 3 aromatic rings. The van der Waals surface area contributed by atoms with Gasteiger partial charge in [0.25, 0.3) is 0 Å². The molecule has 0 unspecified atom stereocenters. The Morgan fingerprint density at radius 3 is 2.74 bits per heavy atom. The summed E-state index contributed by atoms with van der Waals surface area (Å²) in [4.78, 5) is 27.9. The first-order chi connectivity index (χ1) is 13.1. The molecule has 1 aromatic heterocycles. The molecule has 7 nitrogen and oxygen atoms in total. The zero-order chi connectivity index (χ0) is 19.2. The van der Waals surface area contributed by atoms with E-state index in [4.69, 9.17) is 9.26 Å². The number of anilines is 1. The maximum atomic E-state index is 12.1. The van der Waals surface area contributed by atoms with Crippen LogP contribution in [0.15, 0.2) is 53.1 Å². The van der Waals surface area contributed by atoms with E-state index in [1.54, 1.807) is 31.4 Å². The highest BCUT2D eigenvalue weighted by atomic mass is 16.5. The van der Waals surface area contributed by atoms with Crippen LogP contribution in [0.1, 0.15) is 29.6 Å². The average molecular weight is 365 g/mol. The number of carbonyl (C=O) groups is 2. The van der Waals surface area contributed by atoms with Gasteiger partial charge in [0.2, 0.25) is 17.6 Å². The van der Waals surface area contributed by atoms with E-state index in [2.05, 4.69) is 15.5 Å². The number of amides is 1. The summed E-state index contributed by atoms with van der Waals surface area (Å²) in [5.74, 6) is 1.17. The lowest BCUT2D eigenvalue weighted by atomic mass is 10.1. The van der Waals surface area contributed by atoms with E-state index in [1.807, 2.05) is 24.3 Å². The number of Topliss-reactive ketones (excluding diaryl/α,β-unsaturated/α-hetero) is 1. The van der Waals surface area contributed by atoms with Crippen molar-refractivity contribution in [2.45, 2.75) is 19.8 Å². The molecule has 2 aromatic carbocycles. The predicted octanol–water partition coefficient (Wildman–Crippen LogP) is 3.52. The van der Waals surface area contributed by atoms with Gasteiger partial charge in [-0.1, -0.05) is 29.4 Å². The predicted molar refractivity (Wildman–Crippen MR) is 99.7 cm³/mol. The number of hydrogen-bond acceptors (Lipinski definition) is 6. The van der Waals surface area contributed by atoms with E-state index in [-0.39, 0.29) is 18.1 Å². The molecule has 0 radical (unpaired) electrons. The van der Waals surface area contributed by atoms with Gasteiger partial charge in [-0.15, -0.1) is 0 Å². The highest BCUT2D eigenvalue weighted by Crippen LogP contribution is 2.27. The Morgan fingerprint density at radius 1 is 1.15 bits per heavy atom. The molecule has 0 aliphatic carbocycles. The quantitative estimate of drug-likeness (QED) is 0.644. The summed E-state index contributed by atoms with van der Waals surface area (Å²) in [5.41, 5.74) is 1.85. The fourth-order valence-electron chi connectivity index (χ4n) is 2.56. The van der Waals surface area contributed by atoms with Crippen molar-refractivity contribution in [2.75, 3.05) is 12.4 Å². The topological polar surface area (TPSA) is 94.3 Å². The number of hydrogen-bond donors (Lipinski definition) is 1. The van der Waals surface area contributed by atoms with Crippen molar-refractivity contribution in [1.29, 1.82) is 0 Å². The number of carbonyl (C=O) groups excluding carboxylic acids is 2. The van der Waals surface area contributed by atoms with Gasteiger partial charge in [0.1, 0.15) is 5.75 Å². The smallest absolute Gasteiger partial charge is 0.227 e. The van der Waals surface area contributed by atoms with Crippen LogP contribution in [0.25, 0.3) is 11.4 Å². The van der Waals surface area contributed by atoms with Gasteiger partial charge < -0.3 is 14.6 Å². The van der Waals surface area contributed by atoms with E-state index in [9.17, 15) is 9.59 Å². The summed E-state index contributed by atoms with van der Waals surface area (Å²) >= 11 is 0. The van der Waals surface area contributed by atoms with Gasteiger partial charge in [-0.05, 0) is 31.2 Å². The first kappa shape index (κ1) is 18.3. The van der Waals surface area contributed by atoms with E-state index in [0.29, 0.717) is 35.1 Å². The maximum absolute atomic E-state index is 12.1. The van der Waals surface area contributed by atoms with Gasteiger partial charge in [-0.25, -0.2) is 0 Å². The lowest BCUT2D eigenvalue weighted by molar-refractivity contribution is -0.116. The second-order valence-corrected chi connectivity index (χ2v) is 5.90. The Labute approximate surface area is 156 Å². The zero-order valence-electron chi connectivity index (χ0n) is 15.1. The van der Waals surface area contributed by atoms with E-state index in [1.165, 1.54) is 6.92 Å². The Hall–Kier alpha value is -3.48. The summed E-state index contributed by atoms with van der Waals surface area (Å²) in [7, 11) is 1.57. The minimum atomic E-state index is -0.201. The molecular weight excluding hydrogens is 346 g/mol. The van der Waals surface area contributed by atoms with Gasteiger partial charge in [0.05, 0.1) is 12.7 Å². The van der Waals surface area contributed by atoms with E-state index < -0.39 is 0 Å². The molecule has 3 rings (SSSR count). The number of nitrogens with zero attached hydrogens (tertiary/aromatic N) is 2. The molecular formula is C20H19N3O4. The van der Waals surface area contributed by atoms with Crippen LogP contribution in [0.5, 0.6) is 5.75 Å². The molecule has 0 spiro atoms. The molecule has 0 saturated carbocycles. The first-order valence-corrected chi connectivity index (χ1v) is 8.43. The summed E-state index contributed by atoms with van der Waals surface area (Å²) in [6.45, 7) is 1.48. The maximum Gasteiger partial charge on any atom is 0.227 e. The molecule has 138 valence electrons. The average Bonchev–Trinajstić information content (AvgIpc) is 3.15. The van der Waals surface area contributed by atoms with Crippen LogP contribution in [0.4, 0.5) is 5.69 Å². The van der Waals surface area contributed by atoms with Crippen molar-refractivity contribution in [3.63, 3.8) is 0 Å². The third-order valence-electron chi connectivity index (χ3n) is 3.93. The van der Waals surface area contributed by atoms with Gasteiger partial charge in [0, 0.05) is 24.1 Å². The third-order valence-corrected chi connectivity index (χ3v) is 3.93. The molecule has 27 heavy (non-hydrogen) atoms. The minimum Gasteiger partial charge on any atom is -0.496 e. The van der Waals surface area contributed by atoms with Crippen molar-refractivity contribution in [2.24, 2.45) is 0 Å². The van der Waals surface area contributed by atoms with Gasteiger partial charge in [0.15, 0.2) is 5.78 Å². The van der Waals surface area contributed by atoms with Crippen molar-refractivity contribution in [3.05, 3.63) is 60.0 Å². The van der Waals surface area contributed by atoms with Crippen LogP contribution in [-0.2, 0) is 11.2 Å². The second-order valence-electron chi connectivity index (χ2n) is 5.90. The van der Waals surface area contributed by atoms with Crippen LogP contribution < -0.4 is 10.1 Å². The fourth-order valence-corrected chi connectivity index (χ4v) is 2.56. The molecule has 0 atom stereocenters. The second kappa shape index (κ2) is 8.27. The third kappa shape index (κ3) is 4.58. The highest BCUT2D eigenvalue weighted by molar-refractivity contribution is 5.97. The first-order valence-electron chi connectivity index (χ1n) is 8.43. The molecule has 0 aliphatic rings. The molecule has 1 N–H and O–H groups in total. The molecule has 0 bridgehead atoms. The number of ketones is 1. The van der Waals surface area contributed by atoms with Crippen LogP contribution in [0.2, 0.25) is 0 Å². The molecule has 1 heterocycles. The monoisotopic (exact) mass is 365 g/mol. The SMILES string of the molecule is COc1ccccc1-c1noc(CCC(=O)Nc2cccc(C(C)=O)c2)n1. The number of ether oxygens (including phenoxy) is 1. The number of para-hydroxylation sites is 1. The van der Waals surface area contributed by atoms with Crippen LogP contribution in [-0.4, -0.2) is 28.9 Å². The largest absolute Gasteiger partial charge is 0.496 e. The minimum absolute atomic E-state index is 0.0548. The van der Waals surface area contributed by atoms with Crippen molar-refractivity contribution in [3.8, 4) is 17.1 Å². The number of aromatic nitrogens is 2. The van der Waals surface area contributed by atoms with Crippen molar-refractivity contribution >= 4 is 17.4 Å². The standard InChI is InChI=1S/C20H19N3O4/c1-13(24)14-6-5-7-15(12-14)21-18(25)10-11-19-22-20(23-27-19)16-8-3-4-9-17(16)26-2/h3-9,12H,10-11H2,1-2H3,(H,21,25). The Bertz CT molecular complexity index is 965. The molecule has 0 saturated heterocycles. The Balaban J connectivity index is 1.61. The van der Waals surface area contributed by atoms with E-state index in [0.717, 1.165) is 5.56 Å². The highest BCUT2D eigenvalue weighted by Gasteiger charge is 2.14. The summed E-state index contributed by atoms with van der Waals surface area (Å²) < 4.78 is 10.5. The van der Waals surface area contributed by atoms with Crippen molar-refractivity contribution in [1.82, 2.24) is 10.1 Å². The number of rotatable bonds is 7. The Morgan fingerprint density at radius 2 is 1.96 bits per heavy atom. The van der Waals surface area contributed by atoms with Crippen LogP contribution >= 0.6 is 0 Å².